The fourth-order valence-corrected chi connectivity index (χ4v) is 10.7. The van der Waals surface area contributed by atoms with Crippen LogP contribution in [0, 0.1) is 11.6 Å². The highest BCUT2D eigenvalue weighted by Crippen LogP contribution is 2.47. The fraction of sp³-hybridized carbons (Fsp3) is 0. The molecule has 0 fully saturated rings. The Hall–Kier alpha value is -9.12. The van der Waals surface area contributed by atoms with Gasteiger partial charge in [-0.2, -0.15) is 0 Å². The molecular formula is C66H42F2N2. The maximum atomic E-state index is 15.7. The van der Waals surface area contributed by atoms with Crippen LogP contribution in [0.25, 0.3) is 86.9 Å². The molecule has 4 heteroatoms. The summed E-state index contributed by atoms with van der Waals surface area (Å²) in [6.45, 7) is 0. The first-order valence-corrected chi connectivity index (χ1v) is 23.6. The van der Waals surface area contributed by atoms with Gasteiger partial charge < -0.3 is 9.80 Å². The molecule has 0 aliphatic carbocycles. The molecule has 0 N–H and O–H groups in total. The molecule has 0 aliphatic heterocycles. The van der Waals surface area contributed by atoms with Crippen molar-refractivity contribution in [3.05, 3.63) is 266 Å². The number of anilines is 6. The lowest BCUT2D eigenvalue weighted by molar-refractivity contribution is 0.631. The van der Waals surface area contributed by atoms with Crippen molar-refractivity contribution >= 4 is 98.8 Å². The Kier molecular flexibility index (Phi) is 9.91. The molecule has 0 heterocycles. The third kappa shape index (κ3) is 6.92. The lowest BCUT2D eigenvalue weighted by Crippen LogP contribution is -2.09. The van der Waals surface area contributed by atoms with Crippen LogP contribution in [0.2, 0.25) is 0 Å². The fourth-order valence-electron chi connectivity index (χ4n) is 10.7. The normalized spacial score (nSPS) is 11.6. The Labute approximate surface area is 404 Å². The largest absolute Gasteiger partial charge is 0.310 e. The molecule has 0 saturated carbocycles. The molecule has 0 spiro atoms. The van der Waals surface area contributed by atoms with Crippen LogP contribution >= 0.6 is 0 Å². The van der Waals surface area contributed by atoms with Gasteiger partial charge >= 0.3 is 0 Å². The van der Waals surface area contributed by atoms with Gasteiger partial charge in [-0.15, -0.1) is 0 Å². The van der Waals surface area contributed by atoms with Crippen molar-refractivity contribution in [2.45, 2.75) is 0 Å². The maximum Gasteiger partial charge on any atom is 0.131 e. The van der Waals surface area contributed by atoms with Crippen LogP contribution in [0.3, 0.4) is 0 Å². The Morgan fingerprint density at radius 2 is 0.471 bits per heavy atom. The summed E-state index contributed by atoms with van der Waals surface area (Å²) in [7, 11) is 0. The quantitative estimate of drug-likeness (QED) is 0.111. The van der Waals surface area contributed by atoms with Crippen LogP contribution in [0.1, 0.15) is 0 Å². The summed E-state index contributed by atoms with van der Waals surface area (Å²) in [5, 5.41) is 12.8. The van der Waals surface area contributed by atoms with Gasteiger partial charge in [-0.1, -0.05) is 146 Å². The van der Waals surface area contributed by atoms with Gasteiger partial charge in [-0.3, -0.25) is 0 Å². The zero-order valence-electron chi connectivity index (χ0n) is 37.9. The summed E-state index contributed by atoms with van der Waals surface area (Å²) in [6, 6.07) is 86.8. The van der Waals surface area contributed by atoms with Gasteiger partial charge in [0.05, 0.1) is 0 Å². The van der Waals surface area contributed by atoms with Gasteiger partial charge in [0.1, 0.15) is 11.6 Å². The molecule has 13 aromatic carbocycles. The van der Waals surface area contributed by atoms with Crippen LogP contribution in [0.15, 0.2) is 255 Å². The van der Waals surface area contributed by atoms with Gasteiger partial charge in [-0.05, 0) is 185 Å². The molecule has 2 nitrogen and oxygen atoms in total. The standard InChI is InChI=1S/C66H42F2N2/c67-65-27-15-13-25-51(65)43-29-33-53-57(37-43)63-42-62-56-36-32-50(70(47-21-9-3-10-22-47)48-23-11-4-12-24-48)40-60(56)54-34-30-44(52-26-14-16-28-66(52)68)38-58(54)64(62)41-61(63)55-35-31-49(39-59(53)55)69(45-17-5-1-6-18-45)46-19-7-2-8-20-46/h1-42H. The number of fused-ring (bicyclic) bond motifs is 12. The second kappa shape index (κ2) is 16.9. The predicted molar refractivity (Wildman–Crippen MR) is 292 cm³/mol. The van der Waals surface area contributed by atoms with E-state index < -0.39 is 0 Å². The minimum Gasteiger partial charge on any atom is -0.310 e. The van der Waals surface area contributed by atoms with Crippen LogP contribution in [-0.4, -0.2) is 0 Å². The Morgan fingerprint density at radius 1 is 0.200 bits per heavy atom. The molecule has 0 aliphatic rings. The maximum absolute atomic E-state index is 15.7. The van der Waals surface area contributed by atoms with Gasteiger partial charge in [0, 0.05) is 45.3 Å². The van der Waals surface area contributed by atoms with Gasteiger partial charge in [0.15, 0.2) is 0 Å². The van der Waals surface area contributed by atoms with E-state index >= 15 is 8.78 Å². The van der Waals surface area contributed by atoms with Crippen molar-refractivity contribution in [1.82, 2.24) is 0 Å². The van der Waals surface area contributed by atoms with E-state index in [0.29, 0.717) is 11.1 Å². The minimum absolute atomic E-state index is 0.264. The number of hydrogen-bond acceptors (Lipinski definition) is 2. The zero-order chi connectivity index (χ0) is 46.7. The molecule has 0 radical (unpaired) electrons. The summed E-state index contributed by atoms with van der Waals surface area (Å²) >= 11 is 0. The van der Waals surface area contributed by atoms with Gasteiger partial charge in [-0.25, -0.2) is 8.78 Å². The third-order valence-corrected chi connectivity index (χ3v) is 13.9. The van der Waals surface area contributed by atoms with Crippen molar-refractivity contribution in [3.63, 3.8) is 0 Å². The second-order valence-corrected chi connectivity index (χ2v) is 17.9. The average molecular weight is 901 g/mol. The molecule has 0 unspecified atom stereocenters. The Morgan fingerprint density at radius 3 is 0.814 bits per heavy atom. The molecule has 70 heavy (non-hydrogen) atoms. The molecule has 0 aromatic heterocycles. The predicted octanol–water partition coefficient (Wildman–Crippen LogP) is 19.2. The van der Waals surface area contributed by atoms with E-state index in [9.17, 15) is 0 Å². The summed E-state index contributed by atoms with van der Waals surface area (Å²) < 4.78 is 31.4. The van der Waals surface area contributed by atoms with Crippen molar-refractivity contribution in [2.24, 2.45) is 0 Å². The minimum atomic E-state index is -0.264. The molecule has 0 saturated heterocycles. The number of hydrogen-bond donors (Lipinski definition) is 0. The van der Waals surface area contributed by atoms with E-state index in [-0.39, 0.29) is 11.6 Å². The molecule has 0 amide bonds. The van der Waals surface area contributed by atoms with Crippen molar-refractivity contribution in [3.8, 4) is 22.3 Å². The van der Waals surface area contributed by atoms with E-state index in [1.807, 2.05) is 60.7 Å². The first-order chi connectivity index (χ1) is 34.6. The highest BCUT2D eigenvalue weighted by molar-refractivity contribution is 6.33. The van der Waals surface area contributed by atoms with Crippen LogP contribution in [-0.2, 0) is 0 Å². The summed E-state index contributed by atoms with van der Waals surface area (Å²) in [5.74, 6) is -0.528. The first kappa shape index (κ1) is 41.1. The smallest absolute Gasteiger partial charge is 0.131 e. The summed E-state index contributed by atoms with van der Waals surface area (Å²) in [6.07, 6.45) is 0. The number of nitrogens with zero attached hydrogens (tertiary/aromatic N) is 2. The van der Waals surface area contributed by atoms with E-state index in [4.69, 9.17) is 0 Å². The van der Waals surface area contributed by atoms with Crippen molar-refractivity contribution in [2.75, 3.05) is 9.80 Å². The lowest BCUT2D eigenvalue weighted by Gasteiger charge is -2.26. The number of benzene rings is 13. The topological polar surface area (TPSA) is 6.48 Å². The van der Waals surface area contributed by atoms with E-state index in [0.717, 1.165) is 110 Å². The number of rotatable bonds is 8. The Bertz CT molecular complexity index is 3790. The monoisotopic (exact) mass is 900 g/mol. The van der Waals surface area contributed by atoms with E-state index in [2.05, 4.69) is 180 Å². The van der Waals surface area contributed by atoms with Gasteiger partial charge in [0.25, 0.3) is 0 Å². The van der Waals surface area contributed by atoms with Crippen molar-refractivity contribution in [1.29, 1.82) is 0 Å². The Balaban J connectivity index is 1.14. The molecule has 0 bridgehead atoms. The second-order valence-electron chi connectivity index (χ2n) is 17.9. The van der Waals surface area contributed by atoms with Crippen molar-refractivity contribution < 1.29 is 8.78 Å². The highest BCUT2D eigenvalue weighted by Gasteiger charge is 2.21. The third-order valence-electron chi connectivity index (χ3n) is 13.9. The molecule has 13 rings (SSSR count). The van der Waals surface area contributed by atoms with E-state index in [1.165, 1.54) is 12.1 Å². The van der Waals surface area contributed by atoms with Gasteiger partial charge in [0.2, 0.25) is 0 Å². The summed E-state index contributed by atoms with van der Waals surface area (Å²) in [4.78, 5) is 4.58. The molecule has 13 aromatic rings. The van der Waals surface area contributed by atoms with Crippen LogP contribution in [0.4, 0.5) is 42.9 Å². The highest BCUT2D eigenvalue weighted by atomic mass is 19.1. The SMILES string of the molecule is Fc1ccccc1-c1ccc2c(c1)c1cc3c4ccc(N(c5ccccc5)c5ccccc5)cc4c4ccc(-c5ccccc5F)cc4c3cc1c1ccc(N(c3ccccc3)c3ccccc3)cc21. The zero-order valence-corrected chi connectivity index (χ0v) is 37.9. The summed E-state index contributed by atoms with van der Waals surface area (Å²) in [5.41, 5.74) is 8.96. The first-order valence-electron chi connectivity index (χ1n) is 23.6. The molecule has 0 atom stereocenters. The number of halogens is 2. The molecular weight excluding hydrogens is 859 g/mol. The van der Waals surface area contributed by atoms with Crippen LogP contribution < -0.4 is 9.80 Å². The average Bonchev–Trinajstić information content (AvgIpc) is 3.42. The molecule has 330 valence electrons. The van der Waals surface area contributed by atoms with Crippen LogP contribution in [0.5, 0.6) is 0 Å². The lowest BCUT2D eigenvalue weighted by atomic mass is 9.86. The van der Waals surface area contributed by atoms with E-state index in [1.54, 1.807) is 12.1 Å². The number of para-hydroxylation sites is 4.